The summed E-state index contributed by atoms with van der Waals surface area (Å²) in [6.45, 7) is 3.83. The lowest BCUT2D eigenvalue weighted by Crippen LogP contribution is -2.20. The van der Waals surface area contributed by atoms with E-state index in [1.165, 1.54) is 0 Å². The molecule has 5 heteroatoms. The van der Waals surface area contributed by atoms with Crippen molar-refractivity contribution in [3.05, 3.63) is 57.0 Å². The first-order chi connectivity index (χ1) is 9.95. The first-order valence-electron chi connectivity index (χ1n) is 6.40. The average molecular weight is 369 g/mol. The van der Waals surface area contributed by atoms with Gasteiger partial charge in [0.1, 0.15) is 5.75 Å². The van der Waals surface area contributed by atoms with Crippen LogP contribution in [0.15, 0.2) is 40.9 Å². The number of aryl methyl sites for hydroxylation is 2. The summed E-state index contributed by atoms with van der Waals surface area (Å²) in [5.74, 6) is 0.403. The van der Waals surface area contributed by atoms with Gasteiger partial charge in [-0.3, -0.25) is 4.79 Å². The van der Waals surface area contributed by atoms with Gasteiger partial charge >= 0.3 is 0 Å². The zero-order valence-electron chi connectivity index (χ0n) is 11.7. The fraction of sp³-hybridized carbons (Fsp3) is 0.188. The SMILES string of the molecule is Cc1ccc(OCC(=O)Nc2ccc(C)c(Cl)c2)c(Br)c1. The van der Waals surface area contributed by atoms with E-state index < -0.39 is 0 Å². The number of benzene rings is 2. The number of carbonyl (C=O) groups is 1. The molecule has 0 fully saturated rings. The Morgan fingerprint density at radius 3 is 2.67 bits per heavy atom. The highest BCUT2D eigenvalue weighted by Crippen LogP contribution is 2.25. The number of ether oxygens (including phenoxy) is 1. The van der Waals surface area contributed by atoms with Gasteiger partial charge < -0.3 is 10.1 Å². The number of amides is 1. The van der Waals surface area contributed by atoms with Crippen molar-refractivity contribution in [2.45, 2.75) is 13.8 Å². The van der Waals surface area contributed by atoms with Crippen LogP contribution in [0.5, 0.6) is 5.75 Å². The maximum absolute atomic E-state index is 11.9. The van der Waals surface area contributed by atoms with Crippen LogP contribution in [0.2, 0.25) is 5.02 Å². The molecule has 110 valence electrons. The zero-order chi connectivity index (χ0) is 15.4. The molecule has 0 saturated heterocycles. The minimum Gasteiger partial charge on any atom is -0.483 e. The predicted octanol–water partition coefficient (Wildman–Crippen LogP) is 4.74. The maximum Gasteiger partial charge on any atom is 0.262 e. The molecule has 0 heterocycles. The van der Waals surface area contributed by atoms with Crippen LogP contribution in [-0.2, 0) is 4.79 Å². The van der Waals surface area contributed by atoms with Crippen LogP contribution >= 0.6 is 27.5 Å². The molecular weight excluding hydrogens is 354 g/mol. The molecule has 2 aromatic rings. The summed E-state index contributed by atoms with van der Waals surface area (Å²) < 4.78 is 6.32. The van der Waals surface area contributed by atoms with Crippen molar-refractivity contribution in [3.8, 4) is 5.75 Å². The quantitative estimate of drug-likeness (QED) is 0.846. The Morgan fingerprint density at radius 1 is 1.24 bits per heavy atom. The van der Waals surface area contributed by atoms with Crippen molar-refractivity contribution in [1.82, 2.24) is 0 Å². The zero-order valence-corrected chi connectivity index (χ0v) is 14.1. The summed E-state index contributed by atoms with van der Waals surface area (Å²) in [5, 5.41) is 3.37. The summed E-state index contributed by atoms with van der Waals surface area (Å²) in [7, 11) is 0. The van der Waals surface area contributed by atoms with Gasteiger partial charge in [-0.2, -0.15) is 0 Å². The van der Waals surface area contributed by atoms with Crippen LogP contribution < -0.4 is 10.1 Å². The lowest BCUT2D eigenvalue weighted by Gasteiger charge is -2.10. The first kappa shape index (κ1) is 15.9. The van der Waals surface area contributed by atoms with E-state index in [0.29, 0.717) is 16.5 Å². The monoisotopic (exact) mass is 367 g/mol. The molecule has 2 rings (SSSR count). The molecule has 0 aliphatic rings. The molecule has 0 aliphatic carbocycles. The number of nitrogens with one attached hydrogen (secondary N) is 1. The van der Waals surface area contributed by atoms with Crippen molar-refractivity contribution >= 4 is 39.1 Å². The molecule has 0 bridgehead atoms. The van der Waals surface area contributed by atoms with E-state index in [1.807, 2.05) is 38.1 Å². The number of halogens is 2. The number of hydrogen-bond acceptors (Lipinski definition) is 2. The van der Waals surface area contributed by atoms with E-state index in [1.54, 1.807) is 12.1 Å². The third kappa shape index (κ3) is 4.48. The first-order valence-corrected chi connectivity index (χ1v) is 7.58. The topological polar surface area (TPSA) is 38.3 Å². The second-order valence-corrected chi connectivity index (χ2v) is 6.00. The molecule has 0 saturated carbocycles. The van der Waals surface area contributed by atoms with Crippen LogP contribution in [0, 0.1) is 13.8 Å². The van der Waals surface area contributed by atoms with Crippen LogP contribution in [0.1, 0.15) is 11.1 Å². The standard InChI is InChI=1S/C16H15BrClNO2/c1-10-3-6-15(13(17)7-10)21-9-16(20)19-12-5-4-11(2)14(18)8-12/h3-8H,9H2,1-2H3,(H,19,20). The number of carbonyl (C=O) groups excluding carboxylic acids is 1. The van der Waals surface area contributed by atoms with E-state index >= 15 is 0 Å². The molecule has 0 atom stereocenters. The normalized spacial score (nSPS) is 10.3. The Balaban J connectivity index is 1.94. The molecule has 21 heavy (non-hydrogen) atoms. The van der Waals surface area contributed by atoms with E-state index in [4.69, 9.17) is 16.3 Å². The summed E-state index contributed by atoms with van der Waals surface area (Å²) in [4.78, 5) is 11.9. The molecular formula is C16H15BrClNO2. The average Bonchev–Trinajstić information content (AvgIpc) is 2.42. The lowest BCUT2D eigenvalue weighted by molar-refractivity contribution is -0.118. The van der Waals surface area contributed by atoms with Crippen molar-refractivity contribution in [2.24, 2.45) is 0 Å². The van der Waals surface area contributed by atoms with Gasteiger partial charge in [-0.05, 0) is 65.2 Å². The van der Waals surface area contributed by atoms with Crippen molar-refractivity contribution < 1.29 is 9.53 Å². The Bertz CT molecular complexity index is 673. The predicted molar refractivity (Wildman–Crippen MR) is 89.2 cm³/mol. The van der Waals surface area contributed by atoms with Crippen LogP contribution in [0.25, 0.3) is 0 Å². The van der Waals surface area contributed by atoms with Gasteiger partial charge in [-0.25, -0.2) is 0 Å². The summed E-state index contributed by atoms with van der Waals surface area (Å²) in [6, 6.07) is 11.1. The highest BCUT2D eigenvalue weighted by atomic mass is 79.9. The third-order valence-electron chi connectivity index (χ3n) is 2.90. The van der Waals surface area contributed by atoms with Crippen molar-refractivity contribution in [2.75, 3.05) is 11.9 Å². The number of hydrogen-bond donors (Lipinski definition) is 1. The highest BCUT2D eigenvalue weighted by molar-refractivity contribution is 9.10. The van der Waals surface area contributed by atoms with Crippen LogP contribution in [0.3, 0.4) is 0 Å². The van der Waals surface area contributed by atoms with Crippen molar-refractivity contribution in [1.29, 1.82) is 0 Å². The van der Waals surface area contributed by atoms with Gasteiger partial charge in [0.05, 0.1) is 4.47 Å². The van der Waals surface area contributed by atoms with Crippen LogP contribution in [-0.4, -0.2) is 12.5 Å². The molecule has 0 aromatic heterocycles. The Kier molecular flexibility index (Phi) is 5.26. The number of rotatable bonds is 4. The summed E-state index contributed by atoms with van der Waals surface area (Å²) in [6.07, 6.45) is 0. The largest absolute Gasteiger partial charge is 0.483 e. The maximum atomic E-state index is 11.9. The number of anilines is 1. The highest BCUT2D eigenvalue weighted by Gasteiger charge is 2.07. The Morgan fingerprint density at radius 2 is 2.00 bits per heavy atom. The summed E-state index contributed by atoms with van der Waals surface area (Å²) >= 11 is 9.42. The lowest BCUT2D eigenvalue weighted by atomic mass is 10.2. The fourth-order valence-electron chi connectivity index (χ4n) is 1.73. The molecule has 0 unspecified atom stereocenters. The van der Waals surface area contributed by atoms with E-state index in [-0.39, 0.29) is 12.5 Å². The minimum atomic E-state index is -0.234. The van der Waals surface area contributed by atoms with Gasteiger partial charge in [0.2, 0.25) is 0 Å². The second-order valence-electron chi connectivity index (χ2n) is 4.73. The van der Waals surface area contributed by atoms with Crippen molar-refractivity contribution in [3.63, 3.8) is 0 Å². The molecule has 0 spiro atoms. The molecule has 0 aliphatic heterocycles. The third-order valence-corrected chi connectivity index (χ3v) is 3.93. The second kappa shape index (κ2) is 6.96. The Hall–Kier alpha value is -1.52. The molecule has 2 aromatic carbocycles. The van der Waals surface area contributed by atoms with Gasteiger partial charge in [-0.15, -0.1) is 0 Å². The summed E-state index contributed by atoms with van der Waals surface area (Å²) in [5.41, 5.74) is 2.74. The van der Waals surface area contributed by atoms with Gasteiger partial charge in [0, 0.05) is 10.7 Å². The van der Waals surface area contributed by atoms with Gasteiger partial charge in [0.15, 0.2) is 6.61 Å². The molecule has 1 N–H and O–H groups in total. The van der Waals surface area contributed by atoms with E-state index in [2.05, 4.69) is 21.2 Å². The smallest absolute Gasteiger partial charge is 0.262 e. The fourth-order valence-corrected chi connectivity index (χ4v) is 2.52. The van der Waals surface area contributed by atoms with E-state index in [0.717, 1.165) is 15.6 Å². The minimum absolute atomic E-state index is 0.0623. The Labute approximate surface area is 137 Å². The molecule has 1 amide bonds. The van der Waals surface area contributed by atoms with Gasteiger partial charge in [0.25, 0.3) is 5.91 Å². The molecule has 3 nitrogen and oxygen atoms in total. The van der Waals surface area contributed by atoms with Gasteiger partial charge in [-0.1, -0.05) is 23.7 Å². The van der Waals surface area contributed by atoms with E-state index in [9.17, 15) is 4.79 Å². The van der Waals surface area contributed by atoms with Crippen LogP contribution in [0.4, 0.5) is 5.69 Å². The molecule has 0 radical (unpaired) electrons.